The number of nitrogens with one attached hydrogen (secondary N) is 2. The van der Waals surface area contributed by atoms with Crippen LogP contribution in [0.5, 0.6) is 0 Å². The Hall–Kier alpha value is -2.21. The van der Waals surface area contributed by atoms with Crippen LogP contribution in [-0.2, 0) is 11.2 Å². The number of amides is 2. The van der Waals surface area contributed by atoms with Gasteiger partial charge in [-0.3, -0.25) is 9.59 Å². The fraction of sp³-hybridized carbons (Fsp3) is 0.353. The van der Waals surface area contributed by atoms with E-state index in [9.17, 15) is 9.59 Å². The number of thiazole rings is 1. The number of carbonyl (C=O) groups is 2. The van der Waals surface area contributed by atoms with Gasteiger partial charge in [-0.25, -0.2) is 4.98 Å². The number of benzene rings is 1. The minimum absolute atomic E-state index is 0.125. The number of anilines is 1. The second kappa shape index (κ2) is 7.37. The SMILES string of the molecule is CC(C)(C)C(=O)Nc1ccccc1C(=O)NCCc1cscn1. The molecule has 6 heteroatoms. The van der Waals surface area contributed by atoms with Crippen LogP contribution in [0.1, 0.15) is 36.8 Å². The molecule has 0 aliphatic heterocycles. The second-order valence-corrected chi connectivity index (χ2v) is 6.95. The van der Waals surface area contributed by atoms with Gasteiger partial charge < -0.3 is 10.6 Å². The normalized spacial score (nSPS) is 11.1. The third-order valence-electron chi connectivity index (χ3n) is 3.25. The van der Waals surface area contributed by atoms with Crippen LogP contribution in [0, 0.1) is 5.41 Å². The smallest absolute Gasteiger partial charge is 0.253 e. The monoisotopic (exact) mass is 331 g/mol. The highest BCUT2D eigenvalue weighted by atomic mass is 32.1. The van der Waals surface area contributed by atoms with Gasteiger partial charge >= 0.3 is 0 Å². The van der Waals surface area contributed by atoms with E-state index >= 15 is 0 Å². The predicted octanol–water partition coefficient (Wildman–Crippen LogP) is 3.10. The third-order valence-corrected chi connectivity index (χ3v) is 3.89. The van der Waals surface area contributed by atoms with Gasteiger partial charge in [0.05, 0.1) is 22.5 Å². The summed E-state index contributed by atoms with van der Waals surface area (Å²) in [5, 5.41) is 7.65. The average molecular weight is 331 g/mol. The minimum Gasteiger partial charge on any atom is -0.352 e. The summed E-state index contributed by atoms with van der Waals surface area (Å²) in [6.45, 7) is 6.00. The Morgan fingerprint density at radius 2 is 1.96 bits per heavy atom. The zero-order valence-electron chi connectivity index (χ0n) is 13.6. The van der Waals surface area contributed by atoms with Crippen molar-refractivity contribution in [3.05, 3.63) is 46.4 Å². The lowest BCUT2D eigenvalue weighted by molar-refractivity contribution is -0.123. The van der Waals surface area contributed by atoms with Crippen LogP contribution in [0.2, 0.25) is 0 Å². The first kappa shape index (κ1) is 17.1. The molecular weight excluding hydrogens is 310 g/mol. The summed E-state index contributed by atoms with van der Waals surface area (Å²) >= 11 is 1.54. The van der Waals surface area contributed by atoms with E-state index in [1.807, 2.05) is 26.2 Å². The van der Waals surface area contributed by atoms with E-state index in [0.717, 1.165) is 5.69 Å². The molecule has 122 valence electrons. The van der Waals surface area contributed by atoms with Crippen molar-refractivity contribution in [1.29, 1.82) is 0 Å². The number of para-hydroxylation sites is 1. The molecule has 23 heavy (non-hydrogen) atoms. The van der Waals surface area contributed by atoms with E-state index in [1.165, 1.54) is 11.3 Å². The summed E-state index contributed by atoms with van der Waals surface area (Å²) in [5.41, 5.74) is 3.20. The molecule has 0 saturated carbocycles. The molecule has 0 bridgehead atoms. The van der Waals surface area contributed by atoms with Crippen LogP contribution in [0.4, 0.5) is 5.69 Å². The number of hydrogen-bond donors (Lipinski definition) is 2. The van der Waals surface area contributed by atoms with Crippen molar-refractivity contribution >= 4 is 28.8 Å². The van der Waals surface area contributed by atoms with Crippen LogP contribution >= 0.6 is 11.3 Å². The first-order chi connectivity index (χ1) is 10.9. The van der Waals surface area contributed by atoms with Gasteiger partial charge in [-0.05, 0) is 12.1 Å². The number of carbonyl (C=O) groups excluding carboxylic acids is 2. The van der Waals surface area contributed by atoms with Gasteiger partial charge in [-0.2, -0.15) is 0 Å². The summed E-state index contributed by atoms with van der Waals surface area (Å²) < 4.78 is 0. The molecule has 0 fully saturated rings. The third kappa shape index (κ3) is 4.89. The maximum atomic E-state index is 12.3. The van der Waals surface area contributed by atoms with Crippen LogP contribution < -0.4 is 10.6 Å². The first-order valence-electron chi connectivity index (χ1n) is 7.43. The zero-order valence-corrected chi connectivity index (χ0v) is 14.4. The second-order valence-electron chi connectivity index (χ2n) is 6.24. The number of aromatic nitrogens is 1. The van der Waals surface area contributed by atoms with Gasteiger partial charge in [-0.1, -0.05) is 32.9 Å². The van der Waals surface area contributed by atoms with Crippen molar-refractivity contribution < 1.29 is 9.59 Å². The Morgan fingerprint density at radius 3 is 2.61 bits per heavy atom. The molecule has 2 amide bonds. The number of rotatable bonds is 5. The summed E-state index contributed by atoms with van der Waals surface area (Å²) in [6.07, 6.45) is 0.686. The van der Waals surface area contributed by atoms with Crippen molar-refractivity contribution in [1.82, 2.24) is 10.3 Å². The Bertz CT molecular complexity index is 675. The van der Waals surface area contributed by atoms with E-state index in [4.69, 9.17) is 0 Å². The van der Waals surface area contributed by atoms with Crippen LogP contribution in [0.25, 0.3) is 0 Å². The van der Waals surface area contributed by atoms with E-state index in [2.05, 4.69) is 15.6 Å². The average Bonchev–Trinajstić information content (AvgIpc) is 3.00. The topological polar surface area (TPSA) is 71.1 Å². The largest absolute Gasteiger partial charge is 0.352 e. The van der Waals surface area contributed by atoms with Crippen molar-refractivity contribution in [3.8, 4) is 0 Å². The molecule has 0 radical (unpaired) electrons. The quantitative estimate of drug-likeness (QED) is 0.884. The molecule has 1 aromatic heterocycles. The predicted molar refractivity (Wildman–Crippen MR) is 92.7 cm³/mol. The number of hydrogen-bond acceptors (Lipinski definition) is 4. The molecule has 0 atom stereocenters. The van der Waals surface area contributed by atoms with Crippen molar-refractivity contribution in [2.75, 3.05) is 11.9 Å². The highest BCUT2D eigenvalue weighted by Gasteiger charge is 2.22. The molecule has 0 saturated heterocycles. The Labute approximate surface area is 140 Å². The molecule has 0 unspecified atom stereocenters. The van der Waals surface area contributed by atoms with Gasteiger partial charge in [0.1, 0.15) is 0 Å². The van der Waals surface area contributed by atoms with Gasteiger partial charge in [-0.15, -0.1) is 11.3 Å². The lowest BCUT2D eigenvalue weighted by Crippen LogP contribution is -2.30. The molecule has 2 N–H and O–H groups in total. The zero-order chi connectivity index (χ0) is 16.9. The van der Waals surface area contributed by atoms with Crippen molar-refractivity contribution in [3.63, 3.8) is 0 Å². The lowest BCUT2D eigenvalue weighted by Gasteiger charge is -2.19. The van der Waals surface area contributed by atoms with E-state index in [1.54, 1.807) is 29.8 Å². The van der Waals surface area contributed by atoms with Gasteiger partial charge in [0.15, 0.2) is 0 Å². The fourth-order valence-electron chi connectivity index (χ4n) is 1.86. The summed E-state index contributed by atoms with van der Waals surface area (Å²) in [7, 11) is 0. The molecular formula is C17H21N3O2S. The van der Waals surface area contributed by atoms with Gasteiger partial charge in [0.2, 0.25) is 5.91 Å². The minimum atomic E-state index is -0.520. The Kier molecular flexibility index (Phi) is 5.50. The van der Waals surface area contributed by atoms with Crippen LogP contribution in [0.15, 0.2) is 35.2 Å². The van der Waals surface area contributed by atoms with Crippen molar-refractivity contribution in [2.45, 2.75) is 27.2 Å². The van der Waals surface area contributed by atoms with Gasteiger partial charge in [0, 0.05) is 23.8 Å². The summed E-state index contributed by atoms with van der Waals surface area (Å²) in [5.74, 6) is -0.328. The maximum absolute atomic E-state index is 12.3. The molecule has 0 aliphatic rings. The van der Waals surface area contributed by atoms with Crippen LogP contribution in [0.3, 0.4) is 0 Å². The lowest BCUT2D eigenvalue weighted by atomic mass is 9.95. The molecule has 2 aromatic rings. The maximum Gasteiger partial charge on any atom is 0.253 e. The van der Waals surface area contributed by atoms with E-state index in [-0.39, 0.29) is 11.8 Å². The van der Waals surface area contributed by atoms with Gasteiger partial charge in [0.25, 0.3) is 5.91 Å². The standard InChI is InChI=1S/C17H21N3O2S/c1-17(2,3)16(22)20-14-7-5-4-6-13(14)15(21)18-9-8-12-10-23-11-19-12/h4-7,10-11H,8-9H2,1-3H3,(H,18,21)(H,20,22). The fourth-order valence-corrected chi connectivity index (χ4v) is 2.45. The highest BCUT2D eigenvalue weighted by molar-refractivity contribution is 7.07. The van der Waals surface area contributed by atoms with Crippen LogP contribution in [-0.4, -0.2) is 23.3 Å². The molecule has 2 rings (SSSR count). The Morgan fingerprint density at radius 1 is 1.22 bits per heavy atom. The highest BCUT2D eigenvalue weighted by Crippen LogP contribution is 2.20. The molecule has 1 aromatic carbocycles. The van der Waals surface area contributed by atoms with E-state index < -0.39 is 5.41 Å². The molecule has 5 nitrogen and oxygen atoms in total. The number of nitrogens with zero attached hydrogens (tertiary/aromatic N) is 1. The molecule has 1 heterocycles. The molecule has 0 aliphatic carbocycles. The first-order valence-corrected chi connectivity index (χ1v) is 8.38. The van der Waals surface area contributed by atoms with Crippen molar-refractivity contribution in [2.24, 2.45) is 5.41 Å². The van der Waals surface area contributed by atoms with E-state index in [0.29, 0.717) is 24.2 Å². The summed E-state index contributed by atoms with van der Waals surface area (Å²) in [4.78, 5) is 28.7. The summed E-state index contributed by atoms with van der Waals surface area (Å²) in [6, 6.07) is 7.02. The molecule has 0 spiro atoms. The Balaban J connectivity index is 2.01.